The van der Waals surface area contributed by atoms with Gasteiger partial charge in [-0.15, -0.1) is 11.3 Å². The molecule has 0 amide bonds. The maximum atomic E-state index is 12.4. The van der Waals surface area contributed by atoms with Gasteiger partial charge in [0.1, 0.15) is 5.92 Å². The lowest BCUT2D eigenvalue weighted by molar-refractivity contribution is 0.0982. The number of thiophene rings is 1. The van der Waals surface area contributed by atoms with E-state index in [1.54, 1.807) is 0 Å². The van der Waals surface area contributed by atoms with Crippen LogP contribution in [-0.2, 0) is 0 Å². The lowest BCUT2D eigenvalue weighted by atomic mass is 9.94. The minimum atomic E-state index is -0.731. The van der Waals surface area contributed by atoms with Crippen molar-refractivity contribution in [3.05, 3.63) is 55.7 Å². The number of nitriles is 1. The fourth-order valence-electron chi connectivity index (χ4n) is 1.77. The van der Waals surface area contributed by atoms with Gasteiger partial charge in [0.15, 0.2) is 5.78 Å². The van der Waals surface area contributed by atoms with Gasteiger partial charge in [-0.05, 0) is 47.0 Å². The lowest BCUT2D eigenvalue weighted by Crippen LogP contribution is -2.09. The Morgan fingerprint density at radius 1 is 1.32 bits per heavy atom. The topological polar surface area (TPSA) is 40.9 Å². The van der Waals surface area contributed by atoms with Gasteiger partial charge < -0.3 is 0 Å². The van der Waals surface area contributed by atoms with Crippen molar-refractivity contribution in [1.82, 2.24) is 0 Å². The van der Waals surface area contributed by atoms with E-state index in [1.165, 1.54) is 11.3 Å². The Balaban J connectivity index is 2.35. The van der Waals surface area contributed by atoms with Gasteiger partial charge in [0, 0.05) is 0 Å². The molecule has 0 spiro atoms. The van der Waals surface area contributed by atoms with Gasteiger partial charge in [-0.2, -0.15) is 5.26 Å². The molecule has 1 unspecified atom stereocenters. The number of carbonyl (C=O) groups excluding carboxylic acids is 1. The van der Waals surface area contributed by atoms with E-state index in [2.05, 4.69) is 22.0 Å². The minimum absolute atomic E-state index is 0.134. The Hall–Kier alpha value is -1.44. The molecule has 2 rings (SSSR count). The van der Waals surface area contributed by atoms with Crippen LogP contribution in [0.5, 0.6) is 0 Å². The predicted molar refractivity (Wildman–Crippen MR) is 80.6 cm³/mol. The zero-order chi connectivity index (χ0) is 14.0. The number of ketones is 1. The predicted octanol–water partition coefficient (Wildman–Crippen LogP) is 4.62. The number of hydrogen-bond donors (Lipinski definition) is 0. The Labute approximate surface area is 124 Å². The quantitative estimate of drug-likeness (QED) is 0.769. The van der Waals surface area contributed by atoms with Crippen LogP contribution in [0.15, 0.2) is 34.1 Å². The Morgan fingerprint density at radius 3 is 2.42 bits per heavy atom. The summed E-state index contributed by atoms with van der Waals surface area (Å²) in [5, 5.41) is 9.28. The molecule has 1 atom stereocenters. The van der Waals surface area contributed by atoms with Crippen molar-refractivity contribution in [2.24, 2.45) is 0 Å². The van der Waals surface area contributed by atoms with Crippen LogP contribution in [0.1, 0.15) is 32.3 Å². The van der Waals surface area contributed by atoms with Crippen LogP contribution in [-0.4, -0.2) is 5.78 Å². The molecule has 0 saturated heterocycles. The highest BCUT2D eigenvalue weighted by molar-refractivity contribution is 9.11. The molecule has 1 aromatic carbocycles. The second-order valence-electron chi connectivity index (χ2n) is 4.40. The van der Waals surface area contributed by atoms with E-state index in [0.29, 0.717) is 4.88 Å². The average molecular weight is 334 g/mol. The summed E-state index contributed by atoms with van der Waals surface area (Å²) in [5.74, 6) is -0.865. The van der Waals surface area contributed by atoms with Gasteiger partial charge in [0.05, 0.1) is 14.7 Å². The van der Waals surface area contributed by atoms with Gasteiger partial charge in [0.2, 0.25) is 0 Å². The SMILES string of the molecule is Cc1ccc(C(C#N)C(=O)c2cc(C)c(Br)s2)cc1. The van der Waals surface area contributed by atoms with Crippen molar-refractivity contribution in [2.45, 2.75) is 19.8 Å². The molecule has 0 N–H and O–H groups in total. The van der Waals surface area contributed by atoms with Crippen LogP contribution >= 0.6 is 27.3 Å². The molecule has 96 valence electrons. The zero-order valence-electron chi connectivity index (χ0n) is 10.6. The largest absolute Gasteiger partial charge is 0.291 e. The van der Waals surface area contributed by atoms with Crippen LogP contribution in [0.4, 0.5) is 0 Å². The van der Waals surface area contributed by atoms with E-state index in [9.17, 15) is 10.1 Å². The second-order valence-corrected chi connectivity index (χ2v) is 6.77. The van der Waals surface area contributed by atoms with Crippen molar-refractivity contribution in [1.29, 1.82) is 5.26 Å². The Bertz CT molecular complexity index is 632. The zero-order valence-corrected chi connectivity index (χ0v) is 13.0. The number of hydrogen-bond acceptors (Lipinski definition) is 3. The lowest BCUT2D eigenvalue weighted by Gasteiger charge is -2.07. The molecule has 0 aliphatic heterocycles. The molecule has 0 radical (unpaired) electrons. The number of halogens is 1. The third-order valence-electron chi connectivity index (χ3n) is 2.90. The molecule has 0 saturated carbocycles. The summed E-state index contributed by atoms with van der Waals surface area (Å²) in [5.41, 5.74) is 2.89. The molecular weight excluding hydrogens is 322 g/mol. The molecule has 2 nitrogen and oxygen atoms in total. The minimum Gasteiger partial charge on any atom is -0.291 e. The summed E-state index contributed by atoms with van der Waals surface area (Å²) in [6.45, 7) is 3.91. The first kappa shape index (κ1) is 14.0. The summed E-state index contributed by atoms with van der Waals surface area (Å²) >= 11 is 4.78. The van der Waals surface area contributed by atoms with Crippen molar-refractivity contribution in [3.63, 3.8) is 0 Å². The number of carbonyl (C=O) groups is 1. The molecule has 0 bridgehead atoms. The van der Waals surface area contributed by atoms with Crippen LogP contribution in [0, 0.1) is 25.2 Å². The fraction of sp³-hybridized carbons (Fsp3) is 0.200. The summed E-state index contributed by atoms with van der Waals surface area (Å²) in [6.07, 6.45) is 0. The molecule has 1 aromatic heterocycles. The monoisotopic (exact) mass is 333 g/mol. The fourth-order valence-corrected chi connectivity index (χ4v) is 3.27. The van der Waals surface area contributed by atoms with Crippen LogP contribution < -0.4 is 0 Å². The van der Waals surface area contributed by atoms with Crippen LogP contribution in [0.25, 0.3) is 0 Å². The highest BCUT2D eigenvalue weighted by Gasteiger charge is 2.23. The van der Waals surface area contributed by atoms with Crippen molar-refractivity contribution in [2.75, 3.05) is 0 Å². The van der Waals surface area contributed by atoms with Crippen LogP contribution in [0.2, 0.25) is 0 Å². The van der Waals surface area contributed by atoms with E-state index in [0.717, 1.165) is 20.5 Å². The Morgan fingerprint density at radius 2 is 1.95 bits per heavy atom. The normalized spacial score (nSPS) is 11.9. The first-order valence-corrected chi connectivity index (χ1v) is 7.40. The second kappa shape index (κ2) is 5.68. The molecule has 1 heterocycles. The summed E-state index contributed by atoms with van der Waals surface area (Å²) in [4.78, 5) is 13.0. The summed E-state index contributed by atoms with van der Waals surface area (Å²) in [7, 11) is 0. The number of nitrogens with zero attached hydrogens (tertiary/aromatic N) is 1. The number of aryl methyl sites for hydroxylation is 2. The van der Waals surface area contributed by atoms with Gasteiger partial charge >= 0.3 is 0 Å². The van der Waals surface area contributed by atoms with Crippen LogP contribution in [0.3, 0.4) is 0 Å². The number of benzene rings is 1. The van der Waals surface area contributed by atoms with Gasteiger partial charge in [-0.1, -0.05) is 29.8 Å². The maximum Gasteiger partial charge on any atom is 0.194 e. The van der Waals surface area contributed by atoms with Gasteiger partial charge in [-0.25, -0.2) is 0 Å². The molecule has 19 heavy (non-hydrogen) atoms. The average Bonchev–Trinajstić information content (AvgIpc) is 2.73. The molecule has 0 aliphatic carbocycles. The molecule has 2 aromatic rings. The number of rotatable bonds is 3. The summed E-state index contributed by atoms with van der Waals surface area (Å²) in [6, 6.07) is 11.5. The highest BCUT2D eigenvalue weighted by atomic mass is 79.9. The van der Waals surface area contributed by atoms with E-state index in [4.69, 9.17) is 0 Å². The maximum absolute atomic E-state index is 12.4. The molecular formula is C15H12BrNOS. The van der Waals surface area contributed by atoms with Crippen molar-refractivity contribution < 1.29 is 4.79 Å². The molecule has 0 aliphatic rings. The van der Waals surface area contributed by atoms with E-state index >= 15 is 0 Å². The van der Waals surface area contributed by atoms with Crippen molar-refractivity contribution >= 4 is 33.0 Å². The van der Waals surface area contributed by atoms with Gasteiger partial charge in [-0.3, -0.25) is 4.79 Å². The highest BCUT2D eigenvalue weighted by Crippen LogP contribution is 2.31. The van der Waals surface area contributed by atoms with E-state index in [1.807, 2.05) is 44.2 Å². The Kier molecular flexibility index (Phi) is 4.18. The van der Waals surface area contributed by atoms with E-state index < -0.39 is 5.92 Å². The molecule has 0 fully saturated rings. The molecule has 4 heteroatoms. The standard InChI is InChI=1S/C15H12BrNOS/c1-9-3-5-11(6-4-9)12(8-17)14(18)13-7-10(2)15(16)19-13/h3-7,12H,1-2H3. The first-order valence-electron chi connectivity index (χ1n) is 5.79. The van der Waals surface area contributed by atoms with Crippen molar-refractivity contribution in [3.8, 4) is 6.07 Å². The number of Topliss-reactive ketones (excluding diaryl/α,β-unsaturated/α-hetero) is 1. The summed E-state index contributed by atoms with van der Waals surface area (Å²) < 4.78 is 0.941. The third kappa shape index (κ3) is 2.94. The smallest absolute Gasteiger partial charge is 0.194 e. The first-order chi connectivity index (χ1) is 9.02. The van der Waals surface area contributed by atoms with E-state index in [-0.39, 0.29) is 5.78 Å². The van der Waals surface area contributed by atoms with Gasteiger partial charge in [0.25, 0.3) is 0 Å². The third-order valence-corrected chi connectivity index (χ3v) is 5.05.